The van der Waals surface area contributed by atoms with Gasteiger partial charge in [0.15, 0.2) is 5.75 Å². The highest BCUT2D eigenvalue weighted by atomic mass is 35.5. The first-order valence-corrected chi connectivity index (χ1v) is 12.9. The SMILES string of the molecule is O=P([O-])(Oc1ccc(Cl)c2cccnc12)Sc1ccccc1.[NH3+]C1CCCCC1. The molecule has 0 amide bonds. The van der Waals surface area contributed by atoms with Crippen molar-refractivity contribution in [2.45, 2.75) is 43.0 Å². The lowest BCUT2D eigenvalue weighted by Crippen LogP contribution is -2.61. The zero-order chi connectivity index (χ0) is 20.7. The second-order valence-electron chi connectivity index (χ2n) is 6.89. The molecule has 0 aliphatic heterocycles. The third kappa shape index (κ3) is 6.73. The monoisotopic (exact) mass is 450 g/mol. The molecule has 0 bridgehead atoms. The highest BCUT2D eigenvalue weighted by Crippen LogP contribution is 2.56. The molecule has 1 saturated carbocycles. The number of benzene rings is 2. The van der Waals surface area contributed by atoms with Crippen molar-refractivity contribution < 1.29 is 19.7 Å². The summed E-state index contributed by atoms with van der Waals surface area (Å²) in [6, 6.07) is 16.1. The van der Waals surface area contributed by atoms with Crippen molar-refractivity contribution in [3.8, 4) is 5.75 Å². The van der Waals surface area contributed by atoms with Gasteiger partial charge in [0, 0.05) is 16.5 Å². The molecule has 0 spiro atoms. The number of aromatic nitrogens is 1. The summed E-state index contributed by atoms with van der Waals surface area (Å²) in [5, 5.41) is 1.14. The van der Waals surface area contributed by atoms with Gasteiger partial charge in [0.05, 0.1) is 11.1 Å². The van der Waals surface area contributed by atoms with E-state index >= 15 is 0 Å². The first-order valence-electron chi connectivity index (χ1n) is 9.56. The molecular formula is C21H24ClN2O3PS. The van der Waals surface area contributed by atoms with E-state index < -0.39 is 6.80 Å². The van der Waals surface area contributed by atoms with Gasteiger partial charge in [-0.1, -0.05) is 36.2 Å². The summed E-state index contributed by atoms with van der Waals surface area (Å²) in [6.45, 7) is -4.17. The Bertz CT molecular complexity index is 984. The second kappa shape index (κ2) is 10.5. The lowest BCUT2D eigenvalue weighted by molar-refractivity contribution is -0.425. The summed E-state index contributed by atoms with van der Waals surface area (Å²) in [5.74, 6) is 0.168. The first-order chi connectivity index (χ1) is 13.9. The number of hydrogen-bond donors (Lipinski definition) is 1. The molecule has 0 radical (unpaired) electrons. The second-order valence-corrected chi connectivity index (χ2v) is 10.9. The predicted octanol–water partition coefficient (Wildman–Crippen LogP) is 5.09. The first kappa shape index (κ1) is 22.1. The molecule has 0 saturated heterocycles. The molecule has 29 heavy (non-hydrogen) atoms. The van der Waals surface area contributed by atoms with Crippen molar-refractivity contribution >= 4 is 40.7 Å². The average molecular weight is 451 g/mol. The molecule has 1 fully saturated rings. The van der Waals surface area contributed by atoms with E-state index in [1.165, 1.54) is 38.2 Å². The van der Waals surface area contributed by atoms with Gasteiger partial charge in [0.1, 0.15) is 5.52 Å². The van der Waals surface area contributed by atoms with Crippen LogP contribution in [0.5, 0.6) is 5.75 Å². The molecule has 3 aromatic rings. The summed E-state index contributed by atoms with van der Waals surface area (Å²) in [6.07, 6.45) is 8.61. The van der Waals surface area contributed by atoms with Crippen molar-refractivity contribution in [2.24, 2.45) is 0 Å². The van der Waals surface area contributed by atoms with Crippen LogP contribution in [-0.2, 0) is 4.57 Å². The number of fused-ring (bicyclic) bond motifs is 1. The van der Waals surface area contributed by atoms with Crippen LogP contribution >= 0.6 is 29.8 Å². The predicted molar refractivity (Wildman–Crippen MR) is 117 cm³/mol. The Hall–Kier alpha value is -1.56. The Balaban J connectivity index is 0.000000290. The largest absolute Gasteiger partial charge is 0.760 e. The fraction of sp³-hybridized carbons (Fsp3) is 0.286. The number of nitrogens with zero attached hydrogens (tertiary/aromatic N) is 1. The van der Waals surface area contributed by atoms with Crippen molar-refractivity contribution in [3.63, 3.8) is 0 Å². The minimum absolute atomic E-state index is 0.168. The van der Waals surface area contributed by atoms with Crippen LogP contribution in [0.2, 0.25) is 5.02 Å². The van der Waals surface area contributed by atoms with E-state index in [9.17, 15) is 9.46 Å². The van der Waals surface area contributed by atoms with Gasteiger partial charge in [-0.05, 0) is 73.5 Å². The van der Waals surface area contributed by atoms with Crippen molar-refractivity contribution in [1.29, 1.82) is 0 Å². The summed E-state index contributed by atoms with van der Waals surface area (Å²) < 4.78 is 17.4. The molecule has 1 aromatic heterocycles. The zero-order valence-corrected chi connectivity index (χ0v) is 18.5. The Morgan fingerprint density at radius 3 is 2.45 bits per heavy atom. The highest BCUT2D eigenvalue weighted by Gasteiger charge is 2.16. The minimum atomic E-state index is -4.17. The molecule has 1 aliphatic carbocycles. The number of hydrogen-bond acceptors (Lipinski definition) is 5. The molecular weight excluding hydrogens is 427 g/mol. The fourth-order valence-electron chi connectivity index (χ4n) is 3.12. The van der Waals surface area contributed by atoms with E-state index in [2.05, 4.69) is 10.7 Å². The van der Waals surface area contributed by atoms with Crippen LogP contribution in [-0.4, -0.2) is 11.0 Å². The normalized spacial score (nSPS) is 16.5. The molecule has 1 atom stereocenters. The number of pyridine rings is 1. The number of rotatable bonds is 4. The van der Waals surface area contributed by atoms with Gasteiger partial charge in [-0.15, -0.1) is 0 Å². The standard InChI is InChI=1S/C15H11ClNO3PS.C6H13N/c16-13-8-9-14(15-12(13)7-4-10-17-15)20-21(18,19)22-11-5-2-1-3-6-11;7-6-4-2-1-3-5-6/h1-10H,(H,18,19);6H,1-5,7H2. The van der Waals surface area contributed by atoms with Crippen molar-refractivity contribution in [3.05, 3.63) is 65.8 Å². The van der Waals surface area contributed by atoms with E-state index in [1.54, 1.807) is 48.7 Å². The van der Waals surface area contributed by atoms with E-state index in [0.29, 0.717) is 32.2 Å². The maximum absolute atomic E-state index is 12.2. The maximum Gasteiger partial charge on any atom is 0.245 e. The molecule has 4 rings (SSSR count). The van der Waals surface area contributed by atoms with Gasteiger partial charge >= 0.3 is 0 Å². The number of halogens is 1. The molecule has 1 unspecified atom stereocenters. The summed E-state index contributed by atoms with van der Waals surface area (Å²) in [7, 11) is 0. The van der Waals surface area contributed by atoms with Gasteiger partial charge in [0.2, 0.25) is 6.80 Å². The quantitative estimate of drug-likeness (QED) is 0.559. The third-order valence-corrected chi connectivity index (χ3v) is 7.56. The van der Waals surface area contributed by atoms with Gasteiger partial charge in [-0.3, -0.25) is 9.55 Å². The maximum atomic E-state index is 12.2. The Morgan fingerprint density at radius 2 is 1.79 bits per heavy atom. The molecule has 2 aromatic carbocycles. The lowest BCUT2D eigenvalue weighted by Gasteiger charge is -2.23. The topological polar surface area (TPSA) is 89.9 Å². The van der Waals surface area contributed by atoms with Gasteiger partial charge in [-0.2, -0.15) is 0 Å². The van der Waals surface area contributed by atoms with Gasteiger partial charge in [0.25, 0.3) is 0 Å². The van der Waals surface area contributed by atoms with Gasteiger partial charge < -0.3 is 15.2 Å². The molecule has 3 N–H and O–H groups in total. The van der Waals surface area contributed by atoms with E-state index in [1.807, 2.05) is 6.07 Å². The smallest absolute Gasteiger partial charge is 0.245 e. The van der Waals surface area contributed by atoms with Crippen LogP contribution in [0.15, 0.2) is 65.7 Å². The van der Waals surface area contributed by atoms with Gasteiger partial charge in [-0.25, -0.2) is 0 Å². The van der Waals surface area contributed by atoms with Crippen molar-refractivity contribution in [2.75, 3.05) is 0 Å². The molecule has 8 heteroatoms. The molecule has 5 nitrogen and oxygen atoms in total. The Kier molecular flexibility index (Phi) is 7.99. The van der Waals surface area contributed by atoms with Crippen LogP contribution in [0.4, 0.5) is 0 Å². The fourth-order valence-corrected chi connectivity index (χ4v) is 5.79. The highest BCUT2D eigenvalue weighted by molar-refractivity contribution is 8.54. The van der Waals surface area contributed by atoms with E-state index in [-0.39, 0.29) is 5.75 Å². The summed E-state index contributed by atoms with van der Waals surface area (Å²) in [4.78, 5) is 17.0. The summed E-state index contributed by atoms with van der Waals surface area (Å²) in [5.41, 5.74) is 4.41. The third-order valence-electron chi connectivity index (χ3n) is 4.57. The zero-order valence-electron chi connectivity index (χ0n) is 16.0. The van der Waals surface area contributed by atoms with E-state index in [0.717, 1.165) is 6.04 Å². The molecule has 1 aliphatic rings. The van der Waals surface area contributed by atoms with Crippen LogP contribution in [0.1, 0.15) is 32.1 Å². The van der Waals surface area contributed by atoms with Crippen molar-refractivity contribution in [1.82, 2.24) is 4.98 Å². The Morgan fingerprint density at radius 1 is 1.07 bits per heavy atom. The van der Waals surface area contributed by atoms with Crippen LogP contribution < -0.4 is 15.2 Å². The van der Waals surface area contributed by atoms with E-state index in [4.69, 9.17) is 16.1 Å². The average Bonchev–Trinajstić information content (AvgIpc) is 2.72. The van der Waals surface area contributed by atoms with Crippen LogP contribution in [0.3, 0.4) is 0 Å². The molecule has 154 valence electrons. The lowest BCUT2D eigenvalue weighted by atomic mass is 9.97. The summed E-state index contributed by atoms with van der Waals surface area (Å²) >= 11 is 6.75. The number of quaternary nitrogens is 1. The van der Waals surface area contributed by atoms with Crippen LogP contribution in [0.25, 0.3) is 10.9 Å². The van der Waals surface area contributed by atoms with Crippen LogP contribution in [0, 0.1) is 0 Å². The molecule has 1 heterocycles. The Labute approximate surface area is 179 Å². The minimum Gasteiger partial charge on any atom is -0.760 e.